The van der Waals surface area contributed by atoms with Gasteiger partial charge in [0.2, 0.25) is 0 Å². The number of aliphatic carboxylic acids is 1. The Labute approximate surface area is 86.1 Å². The van der Waals surface area contributed by atoms with Crippen LogP contribution in [0.2, 0.25) is 0 Å². The SMILES string of the molecule is CC1CN(CC(C)(C)C)CC1C(=O)O. The van der Waals surface area contributed by atoms with Gasteiger partial charge in [-0.05, 0) is 11.3 Å². The Morgan fingerprint density at radius 3 is 2.36 bits per heavy atom. The first-order valence-corrected chi connectivity index (χ1v) is 5.25. The van der Waals surface area contributed by atoms with Crippen LogP contribution in [0.5, 0.6) is 0 Å². The van der Waals surface area contributed by atoms with E-state index < -0.39 is 5.97 Å². The Bertz CT molecular complexity index is 220. The normalized spacial score (nSPS) is 29.4. The third-order valence-corrected chi connectivity index (χ3v) is 2.70. The first-order chi connectivity index (χ1) is 6.29. The molecule has 0 saturated carbocycles. The van der Waals surface area contributed by atoms with Crippen molar-refractivity contribution >= 4 is 5.97 Å². The van der Waals surface area contributed by atoms with Crippen molar-refractivity contribution in [3.8, 4) is 0 Å². The molecule has 1 fully saturated rings. The lowest BCUT2D eigenvalue weighted by Gasteiger charge is -2.26. The van der Waals surface area contributed by atoms with Crippen LogP contribution >= 0.6 is 0 Å². The van der Waals surface area contributed by atoms with E-state index in [2.05, 4.69) is 25.7 Å². The van der Waals surface area contributed by atoms with E-state index >= 15 is 0 Å². The van der Waals surface area contributed by atoms with Gasteiger partial charge in [0.05, 0.1) is 5.92 Å². The molecule has 1 heterocycles. The Morgan fingerprint density at radius 2 is 2.00 bits per heavy atom. The zero-order chi connectivity index (χ0) is 10.9. The summed E-state index contributed by atoms with van der Waals surface area (Å²) in [5.41, 5.74) is 0.257. The van der Waals surface area contributed by atoms with Crippen LogP contribution in [0.4, 0.5) is 0 Å². The summed E-state index contributed by atoms with van der Waals surface area (Å²) in [6.45, 7) is 11.2. The van der Waals surface area contributed by atoms with Crippen LogP contribution in [0.3, 0.4) is 0 Å². The maximum absolute atomic E-state index is 10.9. The molecule has 0 aromatic heterocycles. The van der Waals surface area contributed by atoms with Crippen LogP contribution in [0.25, 0.3) is 0 Å². The predicted octanol–water partition coefficient (Wildman–Crippen LogP) is 1.69. The van der Waals surface area contributed by atoms with Crippen LogP contribution in [0.15, 0.2) is 0 Å². The molecule has 0 aliphatic carbocycles. The van der Waals surface area contributed by atoms with Crippen molar-refractivity contribution in [2.75, 3.05) is 19.6 Å². The summed E-state index contributed by atoms with van der Waals surface area (Å²) in [5, 5.41) is 8.97. The second-order valence-electron chi connectivity index (χ2n) is 5.68. The molecular formula is C11H21NO2. The highest BCUT2D eigenvalue weighted by atomic mass is 16.4. The van der Waals surface area contributed by atoms with Crippen molar-refractivity contribution < 1.29 is 9.90 Å². The van der Waals surface area contributed by atoms with Gasteiger partial charge in [-0.25, -0.2) is 0 Å². The fourth-order valence-corrected chi connectivity index (χ4v) is 2.19. The molecule has 2 unspecified atom stereocenters. The first-order valence-electron chi connectivity index (χ1n) is 5.25. The summed E-state index contributed by atoms with van der Waals surface area (Å²) < 4.78 is 0. The number of rotatable bonds is 2. The van der Waals surface area contributed by atoms with Gasteiger partial charge in [0.25, 0.3) is 0 Å². The fourth-order valence-electron chi connectivity index (χ4n) is 2.19. The minimum atomic E-state index is -0.645. The number of hydrogen-bond donors (Lipinski definition) is 1. The van der Waals surface area contributed by atoms with Crippen molar-refractivity contribution in [3.63, 3.8) is 0 Å². The molecule has 1 N–H and O–H groups in total. The highest BCUT2D eigenvalue weighted by Crippen LogP contribution is 2.26. The van der Waals surface area contributed by atoms with E-state index in [-0.39, 0.29) is 17.3 Å². The lowest BCUT2D eigenvalue weighted by molar-refractivity contribution is -0.142. The van der Waals surface area contributed by atoms with Crippen LogP contribution in [-0.4, -0.2) is 35.6 Å². The molecule has 1 aliphatic rings. The average Bonchev–Trinajstić information content (AvgIpc) is 2.26. The van der Waals surface area contributed by atoms with E-state index in [1.54, 1.807) is 0 Å². The van der Waals surface area contributed by atoms with Crippen molar-refractivity contribution in [1.29, 1.82) is 0 Å². The largest absolute Gasteiger partial charge is 0.481 e. The van der Waals surface area contributed by atoms with E-state index in [0.29, 0.717) is 6.54 Å². The van der Waals surface area contributed by atoms with Crippen molar-refractivity contribution in [2.45, 2.75) is 27.7 Å². The van der Waals surface area contributed by atoms with Gasteiger partial charge in [-0.1, -0.05) is 27.7 Å². The summed E-state index contributed by atoms with van der Waals surface area (Å²) in [4.78, 5) is 13.2. The van der Waals surface area contributed by atoms with E-state index in [0.717, 1.165) is 13.1 Å². The second-order valence-corrected chi connectivity index (χ2v) is 5.68. The van der Waals surface area contributed by atoms with Gasteiger partial charge in [0.15, 0.2) is 0 Å². The van der Waals surface area contributed by atoms with Gasteiger partial charge in [-0.15, -0.1) is 0 Å². The molecule has 0 bridgehead atoms. The average molecular weight is 199 g/mol. The molecule has 1 saturated heterocycles. The number of likely N-dealkylation sites (tertiary alicyclic amines) is 1. The van der Waals surface area contributed by atoms with Gasteiger partial charge < -0.3 is 10.0 Å². The Morgan fingerprint density at radius 1 is 1.43 bits per heavy atom. The van der Waals surface area contributed by atoms with Crippen LogP contribution in [-0.2, 0) is 4.79 Å². The number of carboxylic acid groups (broad SMARTS) is 1. The van der Waals surface area contributed by atoms with Crippen LogP contribution < -0.4 is 0 Å². The minimum Gasteiger partial charge on any atom is -0.481 e. The quantitative estimate of drug-likeness (QED) is 0.735. The van der Waals surface area contributed by atoms with Gasteiger partial charge in [0.1, 0.15) is 0 Å². The first kappa shape index (κ1) is 11.5. The molecule has 0 aromatic carbocycles. The summed E-state index contributed by atoms with van der Waals surface area (Å²) in [5.74, 6) is -0.527. The van der Waals surface area contributed by atoms with E-state index in [1.807, 2.05) is 6.92 Å². The summed E-state index contributed by atoms with van der Waals surface area (Å²) in [6, 6.07) is 0. The van der Waals surface area contributed by atoms with Gasteiger partial charge in [-0.3, -0.25) is 4.79 Å². The minimum absolute atomic E-state index is 0.169. The lowest BCUT2D eigenvalue weighted by atomic mass is 9.96. The monoisotopic (exact) mass is 199 g/mol. The molecule has 0 radical (unpaired) electrons. The highest BCUT2D eigenvalue weighted by molar-refractivity contribution is 5.71. The molecule has 14 heavy (non-hydrogen) atoms. The number of carboxylic acids is 1. The van der Waals surface area contributed by atoms with Gasteiger partial charge in [-0.2, -0.15) is 0 Å². The standard InChI is InChI=1S/C11H21NO2/c1-8-5-12(7-11(2,3)4)6-9(8)10(13)14/h8-9H,5-7H2,1-4H3,(H,13,14). The molecular weight excluding hydrogens is 178 g/mol. The fraction of sp³-hybridized carbons (Fsp3) is 0.909. The zero-order valence-corrected chi connectivity index (χ0v) is 9.58. The van der Waals surface area contributed by atoms with Crippen LogP contribution in [0.1, 0.15) is 27.7 Å². The van der Waals surface area contributed by atoms with E-state index in [9.17, 15) is 4.79 Å². The Kier molecular flexibility index (Phi) is 3.20. The molecule has 1 aliphatic heterocycles. The third-order valence-electron chi connectivity index (χ3n) is 2.70. The van der Waals surface area contributed by atoms with Crippen LogP contribution in [0, 0.1) is 17.3 Å². The molecule has 0 spiro atoms. The summed E-state index contributed by atoms with van der Waals surface area (Å²) in [6.07, 6.45) is 0. The Balaban J connectivity index is 2.51. The van der Waals surface area contributed by atoms with Gasteiger partial charge >= 0.3 is 5.97 Å². The summed E-state index contributed by atoms with van der Waals surface area (Å²) in [7, 11) is 0. The number of carbonyl (C=O) groups is 1. The molecule has 1 rings (SSSR count). The summed E-state index contributed by atoms with van der Waals surface area (Å²) >= 11 is 0. The zero-order valence-electron chi connectivity index (χ0n) is 9.58. The van der Waals surface area contributed by atoms with E-state index in [1.165, 1.54) is 0 Å². The molecule has 0 amide bonds. The highest BCUT2D eigenvalue weighted by Gasteiger charge is 2.35. The van der Waals surface area contributed by atoms with Crippen molar-refractivity contribution in [1.82, 2.24) is 4.90 Å². The molecule has 2 atom stereocenters. The maximum atomic E-state index is 10.9. The van der Waals surface area contributed by atoms with Crippen molar-refractivity contribution in [3.05, 3.63) is 0 Å². The third kappa shape index (κ3) is 2.98. The van der Waals surface area contributed by atoms with Gasteiger partial charge in [0, 0.05) is 19.6 Å². The topological polar surface area (TPSA) is 40.5 Å². The predicted molar refractivity (Wildman–Crippen MR) is 56.2 cm³/mol. The van der Waals surface area contributed by atoms with E-state index in [4.69, 9.17) is 5.11 Å². The Hall–Kier alpha value is -0.570. The molecule has 3 heteroatoms. The molecule has 0 aromatic rings. The molecule has 3 nitrogen and oxygen atoms in total. The maximum Gasteiger partial charge on any atom is 0.308 e. The molecule has 82 valence electrons. The number of nitrogens with zero attached hydrogens (tertiary/aromatic N) is 1. The van der Waals surface area contributed by atoms with Crippen molar-refractivity contribution in [2.24, 2.45) is 17.3 Å². The lowest BCUT2D eigenvalue weighted by Crippen LogP contribution is -2.31. The number of hydrogen-bond acceptors (Lipinski definition) is 2. The second kappa shape index (κ2) is 3.89. The smallest absolute Gasteiger partial charge is 0.308 e.